The van der Waals surface area contributed by atoms with Crippen LogP contribution in [0.25, 0.3) is 15.3 Å². The number of hydrogen-bond acceptors (Lipinski definition) is 8. The molecule has 1 aliphatic rings. The number of rotatable bonds is 4. The molecule has 1 fully saturated rings. The molecular weight excluding hydrogens is 396 g/mol. The van der Waals surface area contributed by atoms with E-state index in [9.17, 15) is 5.26 Å². The Hall–Kier alpha value is -3.61. The average molecular weight is 417 g/mol. The van der Waals surface area contributed by atoms with Crippen molar-refractivity contribution in [2.45, 2.75) is 0 Å². The fourth-order valence-corrected chi connectivity index (χ4v) is 4.50. The van der Waals surface area contributed by atoms with E-state index in [1.54, 1.807) is 0 Å². The zero-order chi connectivity index (χ0) is 20.5. The molecular formula is C21H20N8S. The van der Waals surface area contributed by atoms with Crippen molar-refractivity contribution >= 4 is 44.6 Å². The topological polar surface area (TPSA) is 108 Å². The van der Waals surface area contributed by atoms with E-state index >= 15 is 0 Å². The monoisotopic (exact) mass is 416 g/mol. The number of nitriles is 1. The van der Waals surface area contributed by atoms with Gasteiger partial charge in [-0.25, -0.2) is 4.98 Å². The van der Waals surface area contributed by atoms with E-state index in [4.69, 9.17) is 5.73 Å². The number of aromatic nitrogens is 3. The highest BCUT2D eigenvalue weighted by molar-refractivity contribution is 7.20. The maximum absolute atomic E-state index is 9.68. The number of nitrogens with two attached hydrogens (primary N) is 1. The number of anilines is 4. The van der Waals surface area contributed by atoms with Gasteiger partial charge in [-0.2, -0.15) is 9.94 Å². The van der Waals surface area contributed by atoms with E-state index in [0.29, 0.717) is 16.5 Å². The van der Waals surface area contributed by atoms with Crippen LogP contribution in [0.4, 0.5) is 23.0 Å². The molecule has 9 heteroatoms. The minimum absolute atomic E-state index is 0.275. The summed E-state index contributed by atoms with van der Waals surface area (Å²) in [5.41, 5.74) is 9.44. The molecule has 0 atom stereocenters. The van der Waals surface area contributed by atoms with E-state index in [2.05, 4.69) is 43.8 Å². The first-order valence-corrected chi connectivity index (χ1v) is 10.5. The Bertz CT molecular complexity index is 1210. The first kappa shape index (κ1) is 18.4. The first-order chi connectivity index (χ1) is 14.7. The molecule has 0 unspecified atom stereocenters. The van der Waals surface area contributed by atoms with Gasteiger partial charge in [-0.15, -0.1) is 5.10 Å². The van der Waals surface area contributed by atoms with Crippen molar-refractivity contribution in [3.05, 3.63) is 54.1 Å². The number of nitrogens with one attached hydrogen (secondary N) is 2. The van der Waals surface area contributed by atoms with Gasteiger partial charge in [0.2, 0.25) is 5.13 Å². The van der Waals surface area contributed by atoms with Crippen molar-refractivity contribution in [1.29, 1.82) is 5.26 Å². The van der Waals surface area contributed by atoms with Crippen molar-refractivity contribution in [1.82, 2.24) is 20.1 Å². The second-order valence-corrected chi connectivity index (χ2v) is 8.02. The number of para-hydroxylation sites is 1. The maximum Gasteiger partial charge on any atom is 0.213 e. The van der Waals surface area contributed by atoms with Crippen LogP contribution in [0.5, 0.6) is 0 Å². The molecule has 0 radical (unpaired) electrons. The molecule has 0 aliphatic carbocycles. The maximum atomic E-state index is 9.68. The van der Waals surface area contributed by atoms with Crippen LogP contribution in [0.1, 0.15) is 5.56 Å². The van der Waals surface area contributed by atoms with Crippen molar-refractivity contribution < 1.29 is 0 Å². The summed E-state index contributed by atoms with van der Waals surface area (Å²) in [6.07, 6.45) is 0. The number of benzene rings is 2. The van der Waals surface area contributed by atoms with Gasteiger partial charge in [-0.1, -0.05) is 29.5 Å². The molecule has 4 aromatic rings. The van der Waals surface area contributed by atoms with Crippen LogP contribution in [-0.2, 0) is 0 Å². The summed E-state index contributed by atoms with van der Waals surface area (Å²) < 4.78 is 2.57. The van der Waals surface area contributed by atoms with Crippen LogP contribution >= 0.6 is 11.3 Å². The summed E-state index contributed by atoms with van der Waals surface area (Å²) in [5.74, 6) is 0.698. The van der Waals surface area contributed by atoms with Gasteiger partial charge in [0.05, 0.1) is 10.2 Å². The Kier molecular flexibility index (Phi) is 4.71. The van der Waals surface area contributed by atoms with Gasteiger partial charge < -0.3 is 21.3 Å². The van der Waals surface area contributed by atoms with Gasteiger partial charge in [0.15, 0.2) is 5.82 Å². The predicted octanol–water partition coefficient (Wildman–Crippen LogP) is 3.09. The molecule has 0 saturated carbocycles. The molecule has 30 heavy (non-hydrogen) atoms. The number of piperazine rings is 1. The second kappa shape index (κ2) is 7.67. The molecule has 150 valence electrons. The van der Waals surface area contributed by atoms with Crippen molar-refractivity contribution in [2.75, 3.05) is 42.1 Å². The number of nitrogens with zero attached hydrogens (tertiary/aromatic N) is 5. The summed E-state index contributed by atoms with van der Waals surface area (Å²) >= 11 is 1.48. The lowest BCUT2D eigenvalue weighted by Gasteiger charge is -2.29. The molecule has 0 bridgehead atoms. The average Bonchev–Trinajstić information content (AvgIpc) is 3.35. The van der Waals surface area contributed by atoms with Gasteiger partial charge in [0, 0.05) is 37.6 Å². The first-order valence-electron chi connectivity index (χ1n) is 9.70. The third kappa shape index (κ3) is 3.32. The minimum Gasteiger partial charge on any atom is -0.382 e. The number of nitrogen functional groups attached to an aromatic ring is 1. The number of fused-ring (bicyclic) bond motifs is 1. The Morgan fingerprint density at radius 2 is 1.97 bits per heavy atom. The molecule has 2 aromatic carbocycles. The van der Waals surface area contributed by atoms with Crippen LogP contribution in [0.2, 0.25) is 0 Å². The van der Waals surface area contributed by atoms with Crippen LogP contribution in [0, 0.1) is 11.3 Å². The minimum atomic E-state index is 0.275. The van der Waals surface area contributed by atoms with E-state index in [1.165, 1.54) is 16.0 Å². The van der Waals surface area contributed by atoms with Gasteiger partial charge >= 0.3 is 0 Å². The van der Waals surface area contributed by atoms with E-state index < -0.39 is 0 Å². The Morgan fingerprint density at radius 1 is 1.13 bits per heavy atom. The normalized spacial score (nSPS) is 14.0. The Labute approximate surface area is 177 Å². The summed E-state index contributed by atoms with van der Waals surface area (Å²) in [5, 5.41) is 21.5. The molecule has 2 aromatic heterocycles. The summed E-state index contributed by atoms with van der Waals surface area (Å²) in [6.45, 7) is 3.87. The lowest BCUT2D eigenvalue weighted by molar-refractivity contribution is 0.589. The van der Waals surface area contributed by atoms with Crippen LogP contribution in [0.3, 0.4) is 0 Å². The van der Waals surface area contributed by atoms with Gasteiger partial charge in [0.25, 0.3) is 0 Å². The Morgan fingerprint density at radius 3 is 2.77 bits per heavy atom. The predicted molar refractivity (Wildman–Crippen MR) is 121 cm³/mol. The fourth-order valence-electron chi connectivity index (χ4n) is 3.57. The molecule has 4 N–H and O–H groups in total. The highest BCUT2D eigenvalue weighted by Crippen LogP contribution is 2.31. The molecule has 1 aliphatic heterocycles. The lowest BCUT2D eigenvalue weighted by Crippen LogP contribution is -2.43. The molecule has 8 nitrogen and oxygen atoms in total. The van der Waals surface area contributed by atoms with E-state index in [-0.39, 0.29) is 5.82 Å². The quantitative estimate of drug-likeness (QED) is 0.469. The standard InChI is InChI=1S/C21H20N8S/c22-13-16-19(23)29(21-26-17-6-1-2-7-18(17)30-21)27-20(16)25-14-4-3-5-15(12-14)28-10-8-24-9-11-28/h1-7,12,24H,8-11,23H2,(H,25,27). The van der Waals surface area contributed by atoms with Crippen molar-refractivity contribution in [3.63, 3.8) is 0 Å². The Balaban J connectivity index is 1.48. The molecule has 5 rings (SSSR count). The third-order valence-corrected chi connectivity index (χ3v) is 6.10. The number of hydrogen-bond donors (Lipinski definition) is 3. The summed E-state index contributed by atoms with van der Waals surface area (Å²) in [6, 6.07) is 18.2. The zero-order valence-electron chi connectivity index (χ0n) is 16.2. The third-order valence-electron chi connectivity index (χ3n) is 5.09. The van der Waals surface area contributed by atoms with Crippen molar-refractivity contribution in [2.24, 2.45) is 0 Å². The fraction of sp³-hybridized carbons (Fsp3) is 0.190. The summed E-state index contributed by atoms with van der Waals surface area (Å²) in [7, 11) is 0. The second-order valence-electron chi connectivity index (χ2n) is 7.01. The highest BCUT2D eigenvalue weighted by Gasteiger charge is 2.19. The van der Waals surface area contributed by atoms with Gasteiger partial charge in [0.1, 0.15) is 17.5 Å². The summed E-state index contributed by atoms with van der Waals surface area (Å²) in [4.78, 5) is 6.94. The van der Waals surface area contributed by atoms with Crippen LogP contribution in [-0.4, -0.2) is 40.9 Å². The van der Waals surface area contributed by atoms with E-state index in [0.717, 1.165) is 47.8 Å². The molecule has 0 spiro atoms. The lowest BCUT2D eigenvalue weighted by atomic mass is 10.2. The van der Waals surface area contributed by atoms with Gasteiger partial charge in [-0.05, 0) is 30.3 Å². The molecule has 3 heterocycles. The smallest absolute Gasteiger partial charge is 0.213 e. The van der Waals surface area contributed by atoms with E-state index in [1.807, 2.05) is 36.4 Å². The molecule has 0 amide bonds. The van der Waals surface area contributed by atoms with Gasteiger partial charge in [-0.3, -0.25) is 0 Å². The van der Waals surface area contributed by atoms with Crippen LogP contribution < -0.4 is 21.3 Å². The van der Waals surface area contributed by atoms with Crippen LogP contribution in [0.15, 0.2) is 48.5 Å². The van der Waals surface area contributed by atoms with Crippen molar-refractivity contribution in [3.8, 4) is 11.2 Å². The SMILES string of the molecule is N#Cc1c(Nc2cccc(N3CCNCC3)c2)nn(-c2nc3ccccc3s2)c1N. The largest absolute Gasteiger partial charge is 0.382 e. The zero-order valence-corrected chi connectivity index (χ0v) is 17.0. The molecule has 1 saturated heterocycles. The number of thiazole rings is 1. The highest BCUT2D eigenvalue weighted by atomic mass is 32.1.